The Hall–Kier alpha value is -1.95. The Morgan fingerprint density at radius 3 is 2.79 bits per heavy atom. The molecule has 1 fully saturated rings. The number of nitrogens with zero attached hydrogens (tertiary/aromatic N) is 2. The van der Waals surface area contributed by atoms with Crippen molar-refractivity contribution in [2.75, 3.05) is 19.8 Å². The van der Waals surface area contributed by atoms with Gasteiger partial charge in [0.2, 0.25) is 5.91 Å². The minimum atomic E-state index is -1.07. The van der Waals surface area contributed by atoms with Crippen LogP contribution in [-0.4, -0.2) is 46.6 Å². The zero-order valence-electron chi connectivity index (χ0n) is 10.5. The largest absolute Gasteiger partial charge is 0.480 e. The standard InChI is InChI=1S/C13H16N2O4/c16-12(8-19-9-13(17)18)15-7-1-2-11(15)10-3-5-14-6-4-10/h3-6,11H,1-2,7-9H2,(H,17,18). The number of amides is 1. The second kappa shape index (κ2) is 6.29. The molecule has 6 heteroatoms. The third kappa shape index (κ3) is 3.51. The molecule has 0 spiro atoms. The fourth-order valence-corrected chi connectivity index (χ4v) is 2.31. The Morgan fingerprint density at radius 2 is 2.11 bits per heavy atom. The average molecular weight is 264 g/mol. The minimum Gasteiger partial charge on any atom is -0.480 e. The Kier molecular flexibility index (Phi) is 4.46. The number of carbonyl (C=O) groups excluding carboxylic acids is 1. The number of aliphatic carboxylic acids is 1. The molecule has 1 amide bonds. The predicted octanol–water partition coefficient (Wildman–Crippen LogP) is 0.846. The zero-order chi connectivity index (χ0) is 13.7. The molecule has 2 rings (SSSR count). The van der Waals surface area contributed by atoms with Crippen LogP contribution in [0.2, 0.25) is 0 Å². The summed E-state index contributed by atoms with van der Waals surface area (Å²) < 4.78 is 4.85. The highest BCUT2D eigenvalue weighted by atomic mass is 16.5. The Balaban J connectivity index is 1.95. The van der Waals surface area contributed by atoms with Gasteiger partial charge in [0.1, 0.15) is 13.2 Å². The number of aromatic nitrogens is 1. The van der Waals surface area contributed by atoms with Crippen molar-refractivity contribution >= 4 is 11.9 Å². The van der Waals surface area contributed by atoms with Crippen LogP contribution in [-0.2, 0) is 14.3 Å². The van der Waals surface area contributed by atoms with Crippen molar-refractivity contribution < 1.29 is 19.4 Å². The fourth-order valence-electron chi connectivity index (χ4n) is 2.31. The normalized spacial score (nSPS) is 18.5. The van der Waals surface area contributed by atoms with Crippen LogP contribution in [0.1, 0.15) is 24.4 Å². The van der Waals surface area contributed by atoms with Gasteiger partial charge in [-0.15, -0.1) is 0 Å². The van der Waals surface area contributed by atoms with E-state index in [9.17, 15) is 9.59 Å². The number of carbonyl (C=O) groups is 2. The number of carboxylic acid groups (broad SMARTS) is 1. The van der Waals surface area contributed by atoms with E-state index in [0.717, 1.165) is 18.4 Å². The van der Waals surface area contributed by atoms with Crippen LogP contribution < -0.4 is 0 Å². The summed E-state index contributed by atoms with van der Waals surface area (Å²) in [6, 6.07) is 3.84. The van der Waals surface area contributed by atoms with E-state index in [0.29, 0.717) is 6.54 Å². The van der Waals surface area contributed by atoms with Gasteiger partial charge in [0.05, 0.1) is 6.04 Å². The lowest BCUT2D eigenvalue weighted by Gasteiger charge is -2.24. The van der Waals surface area contributed by atoms with E-state index in [4.69, 9.17) is 9.84 Å². The van der Waals surface area contributed by atoms with Gasteiger partial charge in [-0.2, -0.15) is 0 Å². The van der Waals surface area contributed by atoms with Gasteiger partial charge in [-0.1, -0.05) is 0 Å². The number of rotatable bonds is 5. The summed E-state index contributed by atoms with van der Waals surface area (Å²) in [6.45, 7) is 0.0512. The van der Waals surface area contributed by atoms with E-state index < -0.39 is 12.6 Å². The first-order chi connectivity index (χ1) is 9.18. The summed E-state index contributed by atoms with van der Waals surface area (Å²) >= 11 is 0. The molecule has 1 aliphatic rings. The predicted molar refractivity (Wildman–Crippen MR) is 66.4 cm³/mol. The number of pyridine rings is 1. The van der Waals surface area contributed by atoms with Crippen LogP contribution in [0.4, 0.5) is 0 Å². The molecule has 2 heterocycles. The molecule has 0 aliphatic carbocycles. The summed E-state index contributed by atoms with van der Waals surface area (Å²) in [7, 11) is 0. The maximum Gasteiger partial charge on any atom is 0.329 e. The van der Waals surface area contributed by atoms with Crippen molar-refractivity contribution in [3.8, 4) is 0 Å². The van der Waals surface area contributed by atoms with Crippen molar-refractivity contribution in [1.82, 2.24) is 9.88 Å². The van der Waals surface area contributed by atoms with Crippen LogP contribution in [0.5, 0.6) is 0 Å². The molecule has 1 aliphatic heterocycles. The highest BCUT2D eigenvalue weighted by Gasteiger charge is 2.29. The minimum absolute atomic E-state index is 0.0453. The molecule has 1 atom stereocenters. The van der Waals surface area contributed by atoms with Crippen LogP contribution in [0.3, 0.4) is 0 Å². The van der Waals surface area contributed by atoms with Crippen molar-refractivity contribution in [3.63, 3.8) is 0 Å². The Morgan fingerprint density at radius 1 is 1.37 bits per heavy atom. The van der Waals surface area contributed by atoms with E-state index in [1.807, 2.05) is 12.1 Å². The first kappa shape index (κ1) is 13.5. The van der Waals surface area contributed by atoms with Crippen molar-refractivity contribution in [2.45, 2.75) is 18.9 Å². The molecule has 19 heavy (non-hydrogen) atoms. The highest BCUT2D eigenvalue weighted by molar-refractivity contribution is 5.78. The summed E-state index contributed by atoms with van der Waals surface area (Å²) in [5.74, 6) is -1.24. The molecule has 0 bridgehead atoms. The quantitative estimate of drug-likeness (QED) is 0.852. The summed E-state index contributed by atoms with van der Waals surface area (Å²) in [6.07, 6.45) is 5.26. The van der Waals surface area contributed by atoms with E-state index in [1.165, 1.54) is 0 Å². The van der Waals surface area contributed by atoms with Crippen LogP contribution in [0, 0.1) is 0 Å². The third-order valence-corrected chi connectivity index (χ3v) is 3.12. The second-order valence-electron chi connectivity index (χ2n) is 4.41. The maximum absolute atomic E-state index is 12.0. The van der Waals surface area contributed by atoms with Crippen LogP contribution in [0.15, 0.2) is 24.5 Å². The van der Waals surface area contributed by atoms with Crippen molar-refractivity contribution in [2.24, 2.45) is 0 Å². The first-order valence-corrected chi connectivity index (χ1v) is 6.17. The van der Waals surface area contributed by atoms with Gasteiger partial charge in [0.25, 0.3) is 0 Å². The average Bonchev–Trinajstić information content (AvgIpc) is 2.88. The van der Waals surface area contributed by atoms with Crippen molar-refractivity contribution in [1.29, 1.82) is 0 Å². The number of hydrogen-bond donors (Lipinski definition) is 1. The van der Waals surface area contributed by atoms with E-state index in [2.05, 4.69) is 4.98 Å². The monoisotopic (exact) mass is 264 g/mol. The molecule has 0 saturated carbocycles. The Bertz CT molecular complexity index is 449. The van der Waals surface area contributed by atoms with Crippen molar-refractivity contribution in [3.05, 3.63) is 30.1 Å². The molecule has 1 saturated heterocycles. The van der Waals surface area contributed by atoms with Crippen LogP contribution in [0.25, 0.3) is 0 Å². The maximum atomic E-state index is 12.0. The molecule has 1 N–H and O–H groups in total. The molecular weight excluding hydrogens is 248 g/mol. The summed E-state index contributed by atoms with van der Waals surface area (Å²) in [4.78, 5) is 28.0. The first-order valence-electron chi connectivity index (χ1n) is 6.17. The van der Waals surface area contributed by atoms with Gasteiger partial charge in [-0.3, -0.25) is 9.78 Å². The van der Waals surface area contributed by atoms with Gasteiger partial charge in [-0.05, 0) is 30.5 Å². The van der Waals surface area contributed by atoms with Gasteiger partial charge >= 0.3 is 5.97 Å². The van der Waals surface area contributed by atoms with E-state index in [-0.39, 0.29) is 18.6 Å². The second-order valence-corrected chi connectivity index (χ2v) is 4.41. The molecule has 102 valence electrons. The number of carboxylic acids is 1. The highest BCUT2D eigenvalue weighted by Crippen LogP contribution is 2.31. The van der Waals surface area contributed by atoms with Gasteiger partial charge in [0.15, 0.2) is 0 Å². The lowest BCUT2D eigenvalue weighted by molar-refractivity contribution is -0.146. The van der Waals surface area contributed by atoms with Crippen LogP contribution >= 0.6 is 0 Å². The van der Waals surface area contributed by atoms with E-state index >= 15 is 0 Å². The molecule has 0 aromatic carbocycles. The molecule has 6 nitrogen and oxygen atoms in total. The molecule has 1 aromatic rings. The van der Waals surface area contributed by atoms with E-state index in [1.54, 1.807) is 17.3 Å². The van der Waals surface area contributed by atoms with Gasteiger partial charge < -0.3 is 14.7 Å². The topological polar surface area (TPSA) is 79.7 Å². The van der Waals surface area contributed by atoms with Gasteiger partial charge in [-0.25, -0.2) is 4.79 Å². The lowest BCUT2D eigenvalue weighted by atomic mass is 10.1. The number of ether oxygens (including phenoxy) is 1. The molecule has 0 radical (unpaired) electrons. The zero-order valence-corrected chi connectivity index (χ0v) is 10.5. The SMILES string of the molecule is O=C(O)COCC(=O)N1CCCC1c1ccncc1. The smallest absolute Gasteiger partial charge is 0.329 e. The number of hydrogen-bond acceptors (Lipinski definition) is 4. The Labute approximate surface area is 111 Å². The summed E-state index contributed by atoms with van der Waals surface area (Å²) in [5.41, 5.74) is 1.05. The molecule has 1 aromatic heterocycles. The lowest BCUT2D eigenvalue weighted by Crippen LogP contribution is -2.34. The number of likely N-dealkylation sites (tertiary alicyclic amines) is 1. The fraction of sp³-hybridized carbons (Fsp3) is 0.462. The molecule has 1 unspecified atom stereocenters. The molecular formula is C13H16N2O4. The van der Waals surface area contributed by atoms with Gasteiger partial charge in [0, 0.05) is 18.9 Å². The third-order valence-electron chi connectivity index (χ3n) is 3.12. The summed E-state index contributed by atoms with van der Waals surface area (Å²) in [5, 5.41) is 8.46.